The van der Waals surface area contributed by atoms with Crippen LogP contribution in [0.15, 0.2) is 162 Å². The highest BCUT2D eigenvalue weighted by molar-refractivity contribution is 7.85. The van der Waals surface area contributed by atoms with Crippen LogP contribution in [0.25, 0.3) is 55.2 Å². The van der Waals surface area contributed by atoms with Crippen molar-refractivity contribution >= 4 is 55.9 Å². The Morgan fingerprint density at radius 1 is 0.465 bits per heavy atom. The van der Waals surface area contributed by atoms with Crippen LogP contribution in [0.1, 0.15) is 0 Å². The molecule has 0 unspecified atom stereocenters. The van der Waals surface area contributed by atoms with Crippen LogP contribution in [0.3, 0.4) is 0 Å². The fourth-order valence-electron chi connectivity index (χ4n) is 6.03. The van der Waals surface area contributed by atoms with E-state index in [-0.39, 0.29) is 0 Å². The Morgan fingerprint density at radius 3 is 1.60 bits per heavy atom. The van der Waals surface area contributed by atoms with Crippen LogP contribution in [0.4, 0.5) is 0 Å². The zero-order chi connectivity index (χ0) is 28.8. The lowest BCUT2D eigenvalue weighted by atomic mass is 9.99. The number of para-hydroxylation sites is 2. The highest BCUT2D eigenvalue weighted by Gasteiger charge is 2.29. The molecule has 0 saturated heterocycles. The van der Waals surface area contributed by atoms with Gasteiger partial charge < -0.3 is 8.98 Å². The first-order chi connectivity index (χ1) is 21.2. The topological polar surface area (TPSA) is 43.1 Å². The van der Waals surface area contributed by atoms with E-state index in [1.165, 1.54) is 0 Å². The van der Waals surface area contributed by atoms with Gasteiger partial charge in [-0.25, -0.2) is 4.98 Å². The number of furan rings is 1. The molecule has 0 N–H and O–H groups in total. The van der Waals surface area contributed by atoms with E-state index in [2.05, 4.69) is 48.5 Å². The van der Waals surface area contributed by atoms with Gasteiger partial charge in [0.2, 0.25) is 0 Å². The molecule has 6 aromatic carbocycles. The predicted octanol–water partition coefficient (Wildman–Crippen LogP) is 9.11. The largest absolute Gasteiger partial charge is 0.455 e. The van der Waals surface area contributed by atoms with Gasteiger partial charge in [0.25, 0.3) is 0 Å². The molecule has 2 aromatic heterocycles. The Kier molecular flexibility index (Phi) is 6.06. The summed E-state index contributed by atoms with van der Waals surface area (Å²) < 4.78 is 21.1. The fraction of sp³-hybridized carbons (Fsp3) is 0. The third kappa shape index (κ3) is 4.21. The molecule has 3 nitrogen and oxygen atoms in total. The van der Waals surface area contributed by atoms with Crippen molar-refractivity contribution in [3.63, 3.8) is 0 Å². The zero-order valence-corrected chi connectivity index (χ0v) is 24.1. The van der Waals surface area contributed by atoms with Gasteiger partial charge in [-0.1, -0.05) is 140 Å². The van der Waals surface area contributed by atoms with Crippen LogP contribution in [0.2, 0.25) is 0 Å². The molecule has 0 atom stereocenters. The van der Waals surface area contributed by atoms with Gasteiger partial charge in [0.05, 0.1) is 16.6 Å². The lowest BCUT2D eigenvalue weighted by Crippen LogP contribution is -2.24. The molecule has 0 radical (unpaired) electrons. The first-order valence-corrected chi connectivity index (χ1v) is 16.0. The maximum absolute atomic E-state index is 14.7. The molecule has 43 heavy (non-hydrogen) atoms. The van der Waals surface area contributed by atoms with Gasteiger partial charge in [0.15, 0.2) is 7.14 Å². The molecule has 0 aliphatic carbocycles. The maximum Gasteiger partial charge on any atom is 0.171 e. The number of benzene rings is 6. The van der Waals surface area contributed by atoms with E-state index in [4.69, 9.17) is 9.40 Å². The van der Waals surface area contributed by atoms with Crippen molar-refractivity contribution in [2.24, 2.45) is 0 Å². The highest BCUT2D eigenvalue weighted by Crippen LogP contribution is 2.43. The van der Waals surface area contributed by atoms with Crippen molar-refractivity contribution in [2.45, 2.75) is 0 Å². The van der Waals surface area contributed by atoms with E-state index in [1.807, 2.05) is 109 Å². The second-order valence-corrected chi connectivity index (χ2v) is 13.5. The molecular formula is C39H26NO2P. The van der Waals surface area contributed by atoms with Gasteiger partial charge in [0.1, 0.15) is 11.2 Å². The summed E-state index contributed by atoms with van der Waals surface area (Å²) >= 11 is 0. The average Bonchev–Trinajstić information content (AvgIpc) is 3.49. The molecule has 2 heterocycles. The third-order valence-electron chi connectivity index (χ3n) is 8.18. The molecule has 8 rings (SSSR count). The lowest BCUT2D eigenvalue weighted by molar-refractivity contribution is 0.592. The predicted molar refractivity (Wildman–Crippen MR) is 179 cm³/mol. The Balaban J connectivity index is 1.20. The van der Waals surface area contributed by atoms with Crippen molar-refractivity contribution in [2.75, 3.05) is 0 Å². The number of nitrogens with zero attached hydrogens (tertiary/aromatic N) is 1. The van der Waals surface area contributed by atoms with Crippen LogP contribution in [-0.2, 0) is 4.57 Å². The van der Waals surface area contributed by atoms with E-state index in [0.29, 0.717) is 0 Å². The molecule has 0 aliphatic rings. The zero-order valence-electron chi connectivity index (χ0n) is 23.2. The number of rotatable bonds is 5. The summed E-state index contributed by atoms with van der Waals surface area (Å²) in [6.45, 7) is 0. The Hall–Kier alpha value is -5.24. The Bertz CT molecular complexity index is 2250. The highest BCUT2D eigenvalue weighted by atomic mass is 31.2. The van der Waals surface area contributed by atoms with Gasteiger partial charge in [0, 0.05) is 32.2 Å². The minimum absolute atomic E-state index is 0.819. The van der Waals surface area contributed by atoms with Crippen LogP contribution in [0.5, 0.6) is 0 Å². The van der Waals surface area contributed by atoms with E-state index < -0.39 is 7.14 Å². The summed E-state index contributed by atoms with van der Waals surface area (Å²) in [5.74, 6) is 0. The second-order valence-electron chi connectivity index (χ2n) is 10.7. The van der Waals surface area contributed by atoms with Gasteiger partial charge in [-0.15, -0.1) is 0 Å². The molecule has 4 heteroatoms. The van der Waals surface area contributed by atoms with Gasteiger partial charge in [-0.3, -0.25) is 0 Å². The fourth-order valence-corrected chi connectivity index (χ4v) is 8.67. The smallest absolute Gasteiger partial charge is 0.171 e. The molecule has 0 amide bonds. The summed E-state index contributed by atoms with van der Waals surface area (Å²) in [7, 11) is -3.01. The average molecular weight is 572 g/mol. The number of aromatic nitrogens is 1. The van der Waals surface area contributed by atoms with E-state index in [0.717, 1.165) is 71.1 Å². The van der Waals surface area contributed by atoms with Crippen molar-refractivity contribution in [1.82, 2.24) is 4.98 Å². The van der Waals surface area contributed by atoms with Gasteiger partial charge >= 0.3 is 0 Å². The first kappa shape index (κ1) is 25.5. The maximum atomic E-state index is 14.7. The molecule has 0 aliphatic heterocycles. The van der Waals surface area contributed by atoms with Crippen molar-refractivity contribution in [3.8, 4) is 22.4 Å². The summed E-state index contributed by atoms with van der Waals surface area (Å²) in [5, 5.41) is 5.59. The minimum Gasteiger partial charge on any atom is -0.455 e. The quantitative estimate of drug-likeness (QED) is 0.194. The van der Waals surface area contributed by atoms with Crippen molar-refractivity contribution in [1.29, 1.82) is 0 Å². The third-order valence-corrected chi connectivity index (χ3v) is 11.3. The summed E-state index contributed by atoms with van der Waals surface area (Å²) in [6.07, 6.45) is 0. The van der Waals surface area contributed by atoms with Crippen LogP contribution in [-0.4, -0.2) is 4.98 Å². The SMILES string of the molecule is O=P(c1ccccc1)(c1ccccc1)c1ccc(-c2ccc(-c3nc4ccccc4c4oc5ccccc5c34)cc2)cc1. The monoisotopic (exact) mass is 571 g/mol. The van der Waals surface area contributed by atoms with Crippen LogP contribution >= 0.6 is 7.14 Å². The number of pyridine rings is 1. The first-order valence-electron chi connectivity index (χ1n) is 14.3. The Morgan fingerprint density at radius 2 is 0.953 bits per heavy atom. The molecule has 8 aromatic rings. The Labute approximate surface area is 249 Å². The second kappa shape index (κ2) is 10.2. The standard InChI is InChI=1S/C39H26NO2P/c41-43(30-11-3-1-4-12-30,31-13-5-2-6-14-31)32-25-23-28(24-26-32)27-19-21-29(22-20-27)38-37-34-16-8-10-18-36(34)42-39(37)33-15-7-9-17-35(33)40-38/h1-26H. The summed E-state index contributed by atoms with van der Waals surface area (Å²) in [5.41, 5.74) is 6.71. The van der Waals surface area contributed by atoms with Crippen molar-refractivity contribution in [3.05, 3.63) is 158 Å². The van der Waals surface area contributed by atoms with Crippen molar-refractivity contribution < 1.29 is 8.98 Å². The number of hydrogen-bond donors (Lipinski definition) is 0. The van der Waals surface area contributed by atoms with E-state index >= 15 is 0 Å². The molecule has 0 spiro atoms. The lowest BCUT2D eigenvalue weighted by Gasteiger charge is -2.20. The molecule has 0 bridgehead atoms. The van der Waals surface area contributed by atoms with Gasteiger partial charge in [-0.05, 0) is 29.3 Å². The molecule has 0 fully saturated rings. The van der Waals surface area contributed by atoms with Gasteiger partial charge in [-0.2, -0.15) is 0 Å². The normalized spacial score (nSPS) is 11.8. The summed E-state index contributed by atoms with van der Waals surface area (Å²) in [4.78, 5) is 5.10. The number of hydrogen-bond acceptors (Lipinski definition) is 3. The summed E-state index contributed by atoms with van der Waals surface area (Å²) in [6, 6.07) is 52.5. The van der Waals surface area contributed by atoms with Crippen LogP contribution < -0.4 is 15.9 Å². The minimum atomic E-state index is -3.01. The molecule has 0 saturated carbocycles. The molecule has 204 valence electrons. The van der Waals surface area contributed by atoms with E-state index in [9.17, 15) is 4.57 Å². The van der Waals surface area contributed by atoms with E-state index in [1.54, 1.807) is 0 Å². The molecular weight excluding hydrogens is 545 g/mol. The number of fused-ring (bicyclic) bond motifs is 5. The van der Waals surface area contributed by atoms with Crippen LogP contribution in [0, 0.1) is 0 Å².